The van der Waals surface area contributed by atoms with E-state index in [0.29, 0.717) is 6.54 Å². The van der Waals surface area contributed by atoms with E-state index in [-0.39, 0.29) is 12.5 Å². The van der Waals surface area contributed by atoms with Gasteiger partial charge in [0.1, 0.15) is 13.1 Å². The van der Waals surface area contributed by atoms with E-state index in [1.165, 1.54) is 11.1 Å². The SMILES string of the molecule is O=C(O)CN(C[C@@H]1CCN(P)C1)C(=O)Cn1ccc(=O)[nH]c1=O. The third kappa shape index (κ3) is 5.01. The molecular formula is C13H19N4O5P. The largest absolute Gasteiger partial charge is 0.480 e. The first-order chi connectivity index (χ1) is 10.8. The number of aliphatic carboxylic acids is 1. The van der Waals surface area contributed by atoms with E-state index < -0.39 is 29.7 Å². The fourth-order valence-electron chi connectivity index (χ4n) is 2.56. The molecule has 0 spiro atoms. The van der Waals surface area contributed by atoms with Gasteiger partial charge in [-0.3, -0.25) is 28.6 Å². The first kappa shape index (κ1) is 17.4. The average molecular weight is 342 g/mol. The average Bonchev–Trinajstić information content (AvgIpc) is 2.86. The van der Waals surface area contributed by atoms with E-state index in [2.05, 4.69) is 14.4 Å². The highest BCUT2D eigenvalue weighted by Gasteiger charge is 2.26. The molecule has 10 heteroatoms. The molecule has 2 heterocycles. The number of H-pyrrole nitrogens is 1. The Morgan fingerprint density at radius 2 is 2.17 bits per heavy atom. The molecule has 1 saturated heterocycles. The number of carboxylic acids is 1. The van der Waals surface area contributed by atoms with Gasteiger partial charge in [-0.25, -0.2) is 4.79 Å². The van der Waals surface area contributed by atoms with Crippen molar-refractivity contribution >= 4 is 21.3 Å². The van der Waals surface area contributed by atoms with Crippen LogP contribution in [0.15, 0.2) is 21.9 Å². The summed E-state index contributed by atoms with van der Waals surface area (Å²) in [6.45, 7) is 1.26. The zero-order valence-electron chi connectivity index (χ0n) is 12.5. The molecule has 1 aromatic rings. The van der Waals surface area contributed by atoms with Crippen LogP contribution in [0.3, 0.4) is 0 Å². The van der Waals surface area contributed by atoms with Crippen molar-refractivity contribution in [1.82, 2.24) is 19.1 Å². The van der Waals surface area contributed by atoms with Crippen molar-refractivity contribution in [1.29, 1.82) is 0 Å². The minimum Gasteiger partial charge on any atom is -0.480 e. The number of amides is 1. The molecule has 1 amide bonds. The Balaban J connectivity index is 2.07. The zero-order chi connectivity index (χ0) is 17.0. The van der Waals surface area contributed by atoms with Gasteiger partial charge in [0.05, 0.1) is 0 Å². The molecule has 9 nitrogen and oxygen atoms in total. The molecule has 1 unspecified atom stereocenters. The molecule has 2 N–H and O–H groups in total. The summed E-state index contributed by atoms with van der Waals surface area (Å²) in [4.78, 5) is 49.3. The summed E-state index contributed by atoms with van der Waals surface area (Å²) in [6, 6.07) is 1.14. The van der Waals surface area contributed by atoms with Gasteiger partial charge in [-0.05, 0) is 12.3 Å². The van der Waals surface area contributed by atoms with E-state index >= 15 is 0 Å². The van der Waals surface area contributed by atoms with Crippen LogP contribution >= 0.6 is 9.39 Å². The van der Waals surface area contributed by atoms with Crippen molar-refractivity contribution in [3.05, 3.63) is 33.1 Å². The van der Waals surface area contributed by atoms with Gasteiger partial charge in [-0.1, -0.05) is 9.39 Å². The summed E-state index contributed by atoms with van der Waals surface area (Å²) in [7, 11) is 2.59. The maximum Gasteiger partial charge on any atom is 0.328 e. The zero-order valence-corrected chi connectivity index (χ0v) is 13.6. The van der Waals surface area contributed by atoms with Crippen molar-refractivity contribution < 1.29 is 14.7 Å². The summed E-state index contributed by atoms with van der Waals surface area (Å²) in [5.41, 5.74) is -1.24. The highest BCUT2D eigenvalue weighted by molar-refractivity contribution is 7.13. The van der Waals surface area contributed by atoms with Crippen molar-refractivity contribution in [3.8, 4) is 0 Å². The number of rotatable bonds is 6. The predicted molar refractivity (Wildman–Crippen MR) is 84.9 cm³/mol. The molecule has 1 aliphatic heterocycles. The van der Waals surface area contributed by atoms with E-state index in [0.717, 1.165) is 30.1 Å². The molecule has 126 valence electrons. The van der Waals surface area contributed by atoms with Crippen molar-refractivity contribution in [2.24, 2.45) is 5.92 Å². The van der Waals surface area contributed by atoms with Crippen LogP contribution in [0, 0.1) is 5.92 Å². The molecule has 1 fully saturated rings. The molecule has 1 aliphatic rings. The number of carboxylic acid groups (broad SMARTS) is 1. The number of hydrogen-bond donors (Lipinski definition) is 2. The number of nitrogens with zero attached hydrogens (tertiary/aromatic N) is 3. The van der Waals surface area contributed by atoms with Crippen molar-refractivity contribution in [2.45, 2.75) is 13.0 Å². The Morgan fingerprint density at radius 1 is 1.43 bits per heavy atom. The monoisotopic (exact) mass is 342 g/mol. The highest BCUT2D eigenvalue weighted by Crippen LogP contribution is 2.20. The van der Waals surface area contributed by atoms with Gasteiger partial charge in [0.2, 0.25) is 5.91 Å². The second kappa shape index (κ2) is 7.52. The Labute approximate surface area is 134 Å². The molecule has 0 radical (unpaired) electrons. The standard InChI is InChI=1S/C13H19N4O5P/c18-10-2-3-15(13(22)14-10)7-11(19)16(8-12(20)21)5-9-1-4-17(23)6-9/h2-3,9H,1,4-8,23H2,(H,20,21)(H,14,18,22)/t9-/m0/s1. The molecule has 2 atom stereocenters. The molecule has 0 aliphatic carbocycles. The fraction of sp³-hybridized carbons (Fsp3) is 0.538. The van der Waals surface area contributed by atoms with Gasteiger partial charge < -0.3 is 10.0 Å². The van der Waals surface area contributed by atoms with E-state index in [1.54, 1.807) is 0 Å². The number of nitrogens with one attached hydrogen (secondary N) is 1. The van der Waals surface area contributed by atoms with E-state index in [9.17, 15) is 19.2 Å². The highest BCUT2D eigenvalue weighted by atomic mass is 31.0. The normalized spacial score (nSPS) is 18.0. The summed E-state index contributed by atoms with van der Waals surface area (Å²) >= 11 is 0. The van der Waals surface area contributed by atoms with Crippen LogP contribution in [0.4, 0.5) is 0 Å². The number of hydrogen-bond acceptors (Lipinski definition) is 5. The van der Waals surface area contributed by atoms with Crippen LogP contribution in [-0.4, -0.2) is 62.3 Å². The Bertz CT molecular complexity index is 700. The molecule has 0 saturated carbocycles. The van der Waals surface area contributed by atoms with Crippen molar-refractivity contribution in [3.63, 3.8) is 0 Å². The quantitative estimate of drug-likeness (QED) is 0.612. The maximum atomic E-state index is 12.3. The molecule has 23 heavy (non-hydrogen) atoms. The number of carbonyl (C=O) groups excluding carboxylic acids is 1. The van der Waals surface area contributed by atoms with Crippen LogP contribution in [0.1, 0.15) is 6.42 Å². The van der Waals surface area contributed by atoms with Crippen molar-refractivity contribution in [2.75, 3.05) is 26.2 Å². The predicted octanol–water partition coefficient (Wildman–Crippen LogP) is -1.44. The smallest absolute Gasteiger partial charge is 0.328 e. The van der Waals surface area contributed by atoms with Gasteiger partial charge in [0.15, 0.2) is 0 Å². The topological polar surface area (TPSA) is 116 Å². The van der Waals surface area contributed by atoms with Crippen LogP contribution in [0.2, 0.25) is 0 Å². The van der Waals surface area contributed by atoms with Crippen LogP contribution in [-0.2, 0) is 16.1 Å². The van der Waals surface area contributed by atoms with Gasteiger partial charge in [-0.2, -0.15) is 0 Å². The molecule has 1 aromatic heterocycles. The minimum atomic E-state index is -1.10. The second-order valence-corrected chi connectivity index (χ2v) is 6.29. The lowest BCUT2D eigenvalue weighted by atomic mass is 10.1. The molecule has 0 bridgehead atoms. The molecule has 0 aromatic carbocycles. The van der Waals surface area contributed by atoms with E-state index in [4.69, 9.17) is 5.11 Å². The van der Waals surface area contributed by atoms with E-state index in [1.807, 2.05) is 4.67 Å². The lowest BCUT2D eigenvalue weighted by Gasteiger charge is -2.24. The first-order valence-corrected chi connectivity index (χ1v) is 7.66. The van der Waals surface area contributed by atoms with Crippen LogP contribution in [0.5, 0.6) is 0 Å². The van der Waals surface area contributed by atoms with Gasteiger partial charge in [0, 0.05) is 31.9 Å². The fourth-order valence-corrected chi connectivity index (χ4v) is 3.00. The number of aromatic amines is 1. The Morgan fingerprint density at radius 3 is 2.74 bits per heavy atom. The summed E-state index contributed by atoms with van der Waals surface area (Å²) in [5, 5.41) is 8.99. The van der Waals surface area contributed by atoms with Gasteiger partial charge >= 0.3 is 11.7 Å². The van der Waals surface area contributed by atoms with Crippen LogP contribution in [0.25, 0.3) is 0 Å². The van der Waals surface area contributed by atoms with Gasteiger partial charge in [-0.15, -0.1) is 0 Å². The number of aromatic nitrogens is 2. The third-order valence-electron chi connectivity index (χ3n) is 3.68. The lowest BCUT2D eigenvalue weighted by molar-refractivity contribution is -0.145. The summed E-state index contributed by atoms with van der Waals surface area (Å²) < 4.78 is 3.09. The van der Waals surface area contributed by atoms with Gasteiger partial charge in [0.25, 0.3) is 5.56 Å². The lowest BCUT2D eigenvalue weighted by Crippen LogP contribution is -2.43. The Hall–Kier alpha value is -1.99. The Kier molecular flexibility index (Phi) is 5.68. The first-order valence-electron chi connectivity index (χ1n) is 7.14. The minimum absolute atomic E-state index is 0.197. The molecule has 2 rings (SSSR count). The van der Waals surface area contributed by atoms with Crippen LogP contribution < -0.4 is 11.2 Å². The summed E-state index contributed by atoms with van der Waals surface area (Å²) in [6.07, 6.45) is 2.10. The molecular weight excluding hydrogens is 323 g/mol. The second-order valence-electron chi connectivity index (χ2n) is 5.56. The summed E-state index contributed by atoms with van der Waals surface area (Å²) in [5.74, 6) is -1.38. The maximum absolute atomic E-state index is 12.3. The third-order valence-corrected chi connectivity index (χ3v) is 4.15. The number of carbonyl (C=O) groups is 2.